The van der Waals surface area contributed by atoms with Gasteiger partial charge in [0.05, 0.1) is 24.8 Å². The number of morpholine rings is 1. The molecule has 7 nitrogen and oxygen atoms in total. The van der Waals surface area contributed by atoms with E-state index in [4.69, 9.17) is 4.74 Å². The highest BCUT2D eigenvalue weighted by atomic mass is 16.5. The number of amides is 2. The number of dihydropyridines is 1. The Labute approximate surface area is 136 Å². The molecule has 0 saturated carbocycles. The van der Waals surface area contributed by atoms with Crippen LogP contribution in [-0.2, 0) is 14.3 Å². The van der Waals surface area contributed by atoms with E-state index in [9.17, 15) is 9.59 Å². The van der Waals surface area contributed by atoms with Gasteiger partial charge in [-0.05, 0) is 25.8 Å². The lowest BCUT2D eigenvalue weighted by Gasteiger charge is -2.34. The molecule has 3 heterocycles. The van der Waals surface area contributed by atoms with Crippen molar-refractivity contribution in [2.24, 2.45) is 0 Å². The van der Waals surface area contributed by atoms with E-state index < -0.39 is 0 Å². The lowest BCUT2D eigenvalue weighted by atomic mass is 10.1. The van der Waals surface area contributed by atoms with Crippen LogP contribution < -0.4 is 16.0 Å². The van der Waals surface area contributed by atoms with Crippen LogP contribution in [0.1, 0.15) is 19.8 Å². The van der Waals surface area contributed by atoms with Gasteiger partial charge in [0.1, 0.15) is 0 Å². The van der Waals surface area contributed by atoms with Gasteiger partial charge in [0.25, 0.3) is 5.91 Å². The minimum absolute atomic E-state index is 0.0132. The highest BCUT2D eigenvalue weighted by molar-refractivity contribution is 5.96. The molecular formula is C16H24N4O3. The van der Waals surface area contributed by atoms with Crippen molar-refractivity contribution in [3.63, 3.8) is 0 Å². The average Bonchev–Trinajstić information content (AvgIpc) is 2.78. The Morgan fingerprint density at radius 3 is 2.87 bits per heavy atom. The Morgan fingerprint density at radius 1 is 1.43 bits per heavy atom. The van der Waals surface area contributed by atoms with Crippen molar-refractivity contribution >= 4 is 12.3 Å². The molecule has 0 aliphatic carbocycles. The maximum Gasteiger partial charge on any atom is 0.252 e. The summed E-state index contributed by atoms with van der Waals surface area (Å²) >= 11 is 0. The van der Waals surface area contributed by atoms with Crippen molar-refractivity contribution in [3.05, 3.63) is 23.5 Å². The summed E-state index contributed by atoms with van der Waals surface area (Å²) < 4.78 is 5.56. The summed E-state index contributed by atoms with van der Waals surface area (Å²) in [6.07, 6.45) is 6.40. The van der Waals surface area contributed by atoms with E-state index in [2.05, 4.69) is 20.9 Å². The topological polar surface area (TPSA) is 82.7 Å². The van der Waals surface area contributed by atoms with Gasteiger partial charge in [-0.1, -0.05) is 0 Å². The summed E-state index contributed by atoms with van der Waals surface area (Å²) in [5, 5.41) is 8.65. The molecule has 3 rings (SSSR count). The molecule has 0 aromatic heterocycles. The third-order valence-electron chi connectivity index (χ3n) is 4.80. The zero-order valence-corrected chi connectivity index (χ0v) is 13.4. The number of hydrogen-bond donors (Lipinski definition) is 3. The van der Waals surface area contributed by atoms with Crippen LogP contribution in [0.5, 0.6) is 0 Å². The van der Waals surface area contributed by atoms with Crippen LogP contribution in [0, 0.1) is 0 Å². The fourth-order valence-electron chi connectivity index (χ4n) is 3.48. The molecule has 7 heteroatoms. The van der Waals surface area contributed by atoms with Gasteiger partial charge in [0, 0.05) is 37.1 Å². The van der Waals surface area contributed by atoms with Crippen LogP contribution in [-0.4, -0.2) is 61.6 Å². The second kappa shape index (κ2) is 7.14. The van der Waals surface area contributed by atoms with Crippen molar-refractivity contribution in [2.75, 3.05) is 26.3 Å². The van der Waals surface area contributed by atoms with Gasteiger partial charge in [-0.3, -0.25) is 14.5 Å². The van der Waals surface area contributed by atoms with Gasteiger partial charge in [0.15, 0.2) is 0 Å². The maximum atomic E-state index is 12.3. The van der Waals surface area contributed by atoms with E-state index in [-0.39, 0.29) is 11.9 Å². The van der Waals surface area contributed by atoms with Gasteiger partial charge in [0.2, 0.25) is 6.41 Å². The summed E-state index contributed by atoms with van der Waals surface area (Å²) in [6, 6.07) is 0.997. The first kappa shape index (κ1) is 16.0. The monoisotopic (exact) mass is 320 g/mol. The first-order valence-electron chi connectivity index (χ1n) is 8.18. The predicted octanol–water partition coefficient (Wildman–Crippen LogP) is -0.529. The fourth-order valence-corrected chi connectivity index (χ4v) is 3.48. The maximum absolute atomic E-state index is 12.3. The minimum Gasteiger partial charge on any atom is -0.382 e. The number of nitrogens with zero attached hydrogens (tertiary/aromatic N) is 1. The van der Waals surface area contributed by atoms with Crippen LogP contribution in [0.2, 0.25) is 0 Å². The second-order valence-corrected chi connectivity index (χ2v) is 6.27. The number of hydrogen-bond acceptors (Lipinski definition) is 5. The lowest BCUT2D eigenvalue weighted by Crippen LogP contribution is -2.48. The normalized spacial score (nSPS) is 30.0. The first-order valence-corrected chi connectivity index (χ1v) is 8.18. The van der Waals surface area contributed by atoms with Gasteiger partial charge in [-0.2, -0.15) is 0 Å². The van der Waals surface area contributed by atoms with Crippen LogP contribution in [0.3, 0.4) is 0 Å². The van der Waals surface area contributed by atoms with E-state index in [1.807, 2.05) is 6.92 Å². The van der Waals surface area contributed by atoms with Crippen LogP contribution >= 0.6 is 0 Å². The molecule has 23 heavy (non-hydrogen) atoms. The number of rotatable bonds is 6. The second-order valence-electron chi connectivity index (χ2n) is 6.27. The molecule has 2 saturated heterocycles. The Kier molecular flexibility index (Phi) is 4.97. The van der Waals surface area contributed by atoms with Crippen molar-refractivity contribution in [1.29, 1.82) is 0 Å². The molecule has 2 bridgehead atoms. The number of fused-ring (bicyclic) bond motifs is 2. The van der Waals surface area contributed by atoms with Gasteiger partial charge < -0.3 is 20.7 Å². The third-order valence-corrected chi connectivity index (χ3v) is 4.80. The standard InChI is InChI=1S/C16H24N4O3/c1-11-15(19-10-21)6-12(7-18-11)16(22)17-4-5-20-13-2-3-14(20)9-23-8-13/h6-7,10-11,13-14,18H,2-5,8-9H2,1H3,(H,17,22)(H,19,21). The molecule has 3 atom stereocenters. The van der Waals surface area contributed by atoms with Crippen molar-refractivity contribution in [2.45, 2.75) is 37.9 Å². The number of nitrogens with one attached hydrogen (secondary N) is 3. The molecule has 3 aliphatic rings. The Morgan fingerprint density at radius 2 is 2.17 bits per heavy atom. The summed E-state index contributed by atoms with van der Waals surface area (Å²) in [4.78, 5) is 25.3. The highest BCUT2D eigenvalue weighted by Gasteiger charge is 2.36. The Balaban J connectivity index is 1.49. The van der Waals surface area contributed by atoms with Crippen molar-refractivity contribution in [3.8, 4) is 0 Å². The molecule has 3 aliphatic heterocycles. The summed E-state index contributed by atoms with van der Waals surface area (Å²) in [6.45, 7) is 5.00. The number of ether oxygens (including phenoxy) is 1. The Hall–Kier alpha value is -1.86. The third kappa shape index (κ3) is 3.56. The highest BCUT2D eigenvalue weighted by Crippen LogP contribution is 2.27. The number of carbonyl (C=O) groups is 2. The molecule has 2 amide bonds. The van der Waals surface area contributed by atoms with Crippen LogP contribution in [0.4, 0.5) is 0 Å². The summed E-state index contributed by atoms with van der Waals surface area (Å²) in [7, 11) is 0. The van der Waals surface area contributed by atoms with Crippen LogP contribution in [0.25, 0.3) is 0 Å². The van der Waals surface area contributed by atoms with E-state index in [1.54, 1.807) is 12.3 Å². The fraction of sp³-hybridized carbons (Fsp3) is 0.625. The van der Waals surface area contributed by atoms with Gasteiger partial charge in [-0.15, -0.1) is 0 Å². The SMILES string of the molecule is CC1NC=C(C(=O)NCCN2C3CCC2COC3)C=C1NC=O. The van der Waals surface area contributed by atoms with Gasteiger partial charge >= 0.3 is 0 Å². The average molecular weight is 320 g/mol. The summed E-state index contributed by atoms with van der Waals surface area (Å²) in [5.41, 5.74) is 1.22. The largest absolute Gasteiger partial charge is 0.382 e. The molecule has 0 spiro atoms. The first-order chi connectivity index (χ1) is 11.2. The smallest absolute Gasteiger partial charge is 0.252 e. The van der Waals surface area contributed by atoms with E-state index in [0.29, 0.717) is 36.3 Å². The van der Waals surface area contributed by atoms with Crippen molar-refractivity contribution in [1.82, 2.24) is 20.9 Å². The van der Waals surface area contributed by atoms with Crippen molar-refractivity contribution < 1.29 is 14.3 Å². The molecular weight excluding hydrogens is 296 g/mol. The van der Waals surface area contributed by atoms with E-state index in [0.717, 1.165) is 19.8 Å². The predicted molar refractivity (Wildman–Crippen MR) is 85.3 cm³/mol. The molecule has 3 N–H and O–H groups in total. The molecule has 0 radical (unpaired) electrons. The molecule has 0 aromatic carbocycles. The molecule has 3 unspecified atom stereocenters. The van der Waals surface area contributed by atoms with Crippen LogP contribution in [0.15, 0.2) is 23.5 Å². The Bertz CT molecular complexity index is 515. The summed E-state index contributed by atoms with van der Waals surface area (Å²) in [5.74, 6) is -0.129. The van der Waals surface area contributed by atoms with E-state index >= 15 is 0 Å². The molecule has 0 aromatic rings. The number of carbonyl (C=O) groups excluding carboxylic acids is 2. The van der Waals surface area contributed by atoms with Gasteiger partial charge in [-0.25, -0.2) is 0 Å². The quantitative estimate of drug-likeness (QED) is 0.573. The molecule has 126 valence electrons. The zero-order valence-electron chi connectivity index (χ0n) is 13.4. The zero-order chi connectivity index (χ0) is 16.2. The molecule has 2 fully saturated rings. The lowest BCUT2D eigenvalue weighted by molar-refractivity contribution is -0.117. The minimum atomic E-state index is -0.129. The van der Waals surface area contributed by atoms with E-state index in [1.165, 1.54) is 12.8 Å².